The Morgan fingerprint density at radius 1 is 0.661 bits per heavy atom. The largest absolute Gasteiger partial charge is 0.545 e. The molecule has 0 unspecified atom stereocenters. The Kier molecular flexibility index (Phi) is 12.5. The first kappa shape index (κ1) is 44.4. The molecule has 320 valence electrons. The Morgan fingerprint density at radius 2 is 1.19 bits per heavy atom. The summed E-state index contributed by atoms with van der Waals surface area (Å²) < 4.78 is 14.7. The first-order valence-corrected chi connectivity index (χ1v) is 20.0. The second kappa shape index (κ2) is 17.5. The van der Waals surface area contributed by atoms with Gasteiger partial charge in [0.05, 0.1) is 12.0 Å². The highest BCUT2D eigenvalue weighted by molar-refractivity contribution is 6.07. The van der Waals surface area contributed by atoms with E-state index in [0.29, 0.717) is 16.9 Å². The number of nitrogens with zero attached hydrogens (tertiary/aromatic N) is 5. The summed E-state index contributed by atoms with van der Waals surface area (Å²) in [6.07, 6.45) is 0. The van der Waals surface area contributed by atoms with E-state index in [1.54, 1.807) is 12.1 Å². The van der Waals surface area contributed by atoms with Crippen molar-refractivity contribution >= 4 is 39.9 Å². The van der Waals surface area contributed by atoms with Gasteiger partial charge >= 0.3 is 0 Å². The number of hydrogen-bond donors (Lipinski definition) is 1. The van der Waals surface area contributed by atoms with E-state index in [1.807, 2.05) is 145 Å². The van der Waals surface area contributed by atoms with Crippen LogP contribution in [0.25, 0.3) is 33.4 Å². The zero-order valence-electron chi connectivity index (χ0n) is 36.4. The van der Waals surface area contributed by atoms with Crippen LogP contribution in [0.1, 0.15) is 44.8 Å². The third kappa shape index (κ3) is 7.38. The number of ether oxygens (including phenoxy) is 1. The van der Waals surface area contributed by atoms with Crippen LogP contribution in [0.4, 0.5) is 17.1 Å². The van der Waals surface area contributed by atoms with Gasteiger partial charge in [0.15, 0.2) is 0 Å². The van der Waals surface area contributed by atoms with Gasteiger partial charge in [0.1, 0.15) is 42.5 Å². The molecule has 1 spiro atoms. The molecule has 5 aromatic rings. The van der Waals surface area contributed by atoms with Crippen LogP contribution in [0, 0.1) is 0 Å². The molecular formula is C51H56N6O5. The fourth-order valence-corrected chi connectivity index (χ4v) is 8.35. The highest BCUT2D eigenvalue weighted by Gasteiger charge is 2.54. The fraction of sp³-hybridized carbons (Fsp3) is 0.235. The maximum atomic E-state index is 13.3. The molecule has 11 nitrogen and oxygen atoms in total. The Morgan fingerprint density at radius 3 is 1.76 bits per heavy atom. The quantitative estimate of drug-likeness (QED) is 0.142. The third-order valence-corrected chi connectivity index (χ3v) is 11.5. The van der Waals surface area contributed by atoms with Crippen LogP contribution in [0.2, 0.25) is 0 Å². The number of carboxylic acid groups (broad SMARTS) is 1. The van der Waals surface area contributed by atoms with Gasteiger partial charge in [-0.1, -0.05) is 62.0 Å². The van der Waals surface area contributed by atoms with Gasteiger partial charge in [-0.3, -0.25) is 4.79 Å². The van der Waals surface area contributed by atoms with Crippen LogP contribution in [-0.4, -0.2) is 87.3 Å². The van der Waals surface area contributed by atoms with Crippen molar-refractivity contribution in [3.63, 3.8) is 0 Å². The minimum Gasteiger partial charge on any atom is -0.545 e. The van der Waals surface area contributed by atoms with Crippen molar-refractivity contribution in [1.29, 1.82) is 0 Å². The minimum atomic E-state index is -1.20. The van der Waals surface area contributed by atoms with Crippen LogP contribution < -0.4 is 40.2 Å². The number of carbonyl (C=O) groups is 2. The van der Waals surface area contributed by atoms with Crippen molar-refractivity contribution in [2.45, 2.75) is 13.0 Å². The monoisotopic (exact) mass is 832 g/mol. The normalized spacial score (nSPS) is 12.7. The molecule has 0 aromatic heterocycles. The zero-order chi connectivity index (χ0) is 43.9. The van der Waals surface area contributed by atoms with Gasteiger partial charge in [-0.2, -0.15) is 0 Å². The number of carboxylic acids is 1. The summed E-state index contributed by atoms with van der Waals surface area (Å²) in [6, 6.07) is 39.3. The smallest absolute Gasteiger partial charge is 0.255 e. The molecule has 2 N–H and O–H groups in total. The number of hydrogen-bond acceptors (Lipinski definition) is 9. The molecule has 11 heteroatoms. The lowest BCUT2D eigenvalue weighted by molar-refractivity contribution is -0.254. The lowest BCUT2D eigenvalue weighted by Crippen LogP contribution is -2.45. The van der Waals surface area contributed by atoms with Gasteiger partial charge in [-0.15, -0.1) is 0 Å². The van der Waals surface area contributed by atoms with E-state index in [1.165, 1.54) is 7.05 Å². The van der Waals surface area contributed by atoms with Crippen molar-refractivity contribution in [2.24, 2.45) is 5.73 Å². The summed E-state index contributed by atoms with van der Waals surface area (Å²) in [7, 11) is 19.3. The van der Waals surface area contributed by atoms with Crippen molar-refractivity contribution in [2.75, 3.05) is 85.2 Å². The predicted molar refractivity (Wildman–Crippen MR) is 251 cm³/mol. The molecular weight excluding hydrogens is 777 g/mol. The van der Waals surface area contributed by atoms with Crippen molar-refractivity contribution in [1.82, 2.24) is 9.48 Å². The van der Waals surface area contributed by atoms with Crippen molar-refractivity contribution < 1.29 is 23.8 Å². The van der Waals surface area contributed by atoms with E-state index in [9.17, 15) is 14.7 Å². The summed E-state index contributed by atoms with van der Waals surface area (Å²) >= 11 is 0. The van der Waals surface area contributed by atoms with E-state index < -0.39 is 11.5 Å². The second-order valence-electron chi connectivity index (χ2n) is 15.8. The van der Waals surface area contributed by atoms with E-state index in [0.717, 1.165) is 72.7 Å². The van der Waals surface area contributed by atoms with Gasteiger partial charge in [-0.05, 0) is 54.6 Å². The number of anilines is 3. The molecule has 4 aliphatic rings. The van der Waals surface area contributed by atoms with Crippen LogP contribution in [0.5, 0.6) is 11.5 Å². The standard InChI is InChI=1S/C25H25N3O2.C24H22N2O3.CH5N.CH4/c1-26(2)16-10-12-20-22(14-16)30-23-15-17(27(3)4)11-13-21(23)25(20)19-9-7-6-8-18(19)24(29)28(25)5;1-25(2)15-9-11-19-21(13-15)29-22-14-16(26(3)4)10-12-20(22)23(19)17-7-5-6-8-18(17)24(27)28;1-2;/h6-15H,1-5H3;5-14H,1-4H3;2H2,1H3;1H4. The zero-order valence-corrected chi connectivity index (χ0v) is 36.4. The molecule has 0 radical (unpaired) electrons. The average Bonchev–Trinajstić information content (AvgIpc) is 3.48. The molecule has 0 bridgehead atoms. The van der Waals surface area contributed by atoms with Gasteiger partial charge in [-0.25, -0.2) is 4.58 Å². The molecule has 3 heterocycles. The summed E-state index contributed by atoms with van der Waals surface area (Å²) in [6.45, 7) is 0. The SMILES string of the molecule is C.CN.CN(C)c1ccc2c(-c3ccccc3C(=O)[O-])c3ccc(=[N+](C)C)cc-3oc2c1.CN(C)c1ccc2c(c1)Oc1cc(N(C)C)ccc1C21c2ccccc2C(=O)N1C. The molecule has 0 atom stereocenters. The fourth-order valence-electron chi connectivity index (χ4n) is 8.35. The summed E-state index contributed by atoms with van der Waals surface area (Å²) in [5.41, 5.74) is 13.8. The molecule has 0 saturated carbocycles. The van der Waals surface area contributed by atoms with Gasteiger partial charge in [0.2, 0.25) is 5.36 Å². The van der Waals surface area contributed by atoms with Crippen molar-refractivity contribution in [3.8, 4) is 33.9 Å². The predicted octanol–water partition coefficient (Wildman–Crippen LogP) is 7.18. The number of benzene rings is 6. The first-order valence-electron chi connectivity index (χ1n) is 20.0. The van der Waals surface area contributed by atoms with Gasteiger partial charge in [0.25, 0.3) is 5.91 Å². The maximum absolute atomic E-state index is 13.3. The lowest BCUT2D eigenvalue weighted by Gasteiger charge is -2.43. The Balaban J connectivity index is 0.000000196. The Bertz CT molecular complexity index is 2800. The van der Waals surface area contributed by atoms with Crippen LogP contribution in [0.15, 0.2) is 126 Å². The Labute approximate surface area is 364 Å². The molecule has 1 amide bonds. The lowest BCUT2D eigenvalue weighted by atomic mass is 9.75. The highest BCUT2D eigenvalue weighted by Crippen LogP contribution is 2.57. The van der Waals surface area contributed by atoms with Crippen molar-refractivity contribution in [3.05, 3.63) is 155 Å². The van der Waals surface area contributed by atoms with E-state index >= 15 is 0 Å². The van der Waals surface area contributed by atoms with E-state index in [-0.39, 0.29) is 18.9 Å². The van der Waals surface area contributed by atoms with Crippen LogP contribution >= 0.6 is 0 Å². The summed E-state index contributed by atoms with van der Waals surface area (Å²) in [5.74, 6) is 1.08. The summed E-state index contributed by atoms with van der Waals surface area (Å²) in [4.78, 5) is 33.1. The molecule has 1 aliphatic carbocycles. The Hall–Kier alpha value is -7.11. The highest BCUT2D eigenvalue weighted by atomic mass is 16.5. The molecule has 9 rings (SSSR count). The first-order chi connectivity index (χ1) is 29.2. The maximum Gasteiger partial charge on any atom is 0.255 e. The molecule has 0 saturated heterocycles. The van der Waals surface area contributed by atoms with Crippen LogP contribution in [-0.2, 0) is 5.54 Å². The molecule has 3 aliphatic heterocycles. The van der Waals surface area contributed by atoms with Gasteiger partial charge in [0, 0.05) is 129 Å². The number of fused-ring (bicyclic) bond motifs is 8. The molecule has 0 fully saturated rings. The number of nitrogens with two attached hydrogens (primary N) is 1. The van der Waals surface area contributed by atoms with Crippen LogP contribution in [0.3, 0.4) is 0 Å². The average molecular weight is 833 g/mol. The second-order valence-corrected chi connectivity index (χ2v) is 15.8. The molecule has 62 heavy (non-hydrogen) atoms. The minimum absolute atomic E-state index is 0. The van der Waals surface area contributed by atoms with Gasteiger partial charge < -0.3 is 44.4 Å². The number of carbonyl (C=O) groups excluding carboxylic acids is 2. The third-order valence-electron chi connectivity index (χ3n) is 11.5. The van der Waals surface area contributed by atoms with E-state index in [2.05, 4.69) is 58.0 Å². The number of amides is 1. The number of rotatable bonds is 5. The topological polar surface area (TPSA) is 122 Å². The summed E-state index contributed by atoms with van der Waals surface area (Å²) in [5, 5.41) is 13.7. The number of aromatic carboxylic acids is 1. The van der Waals surface area contributed by atoms with E-state index in [4.69, 9.17) is 9.15 Å². The molecule has 5 aromatic carbocycles.